The van der Waals surface area contributed by atoms with Gasteiger partial charge in [0.15, 0.2) is 11.5 Å². The molecule has 0 aromatic heterocycles. The first kappa shape index (κ1) is 16.9. The lowest BCUT2D eigenvalue weighted by Gasteiger charge is -2.07. The van der Waals surface area contributed by atoms with Gasteiger partial charge in [0, 0.05) is 17.9 Å². The second-order valence-electron chi connectivity index (χ2n) is 4.55. The van der Waals surface area contributed by atoms with Gasteiger partial charge in [0.1, 0.15) is 0 Å². The van der Waals surface area contributed by atoms with Crippen LogP contribution < -0.4 is 20.1 Å². The lowest BCUT2D eigenvalue weighted by molar-refractivity contribution is -0.133. The van der Waals surface area contributed by atoms with Crippen LogP contribution in [0.15, 0.2) is 18.2 Å². The van der Waals surface area contributed by atoms with Gasteiger partial charge in [-0.2, -0.15) is 0 Å². The highest BCUT2D eigenvalue weighted by Gasteiger charge is 2.16. The Morgan fingerprint density at radius 2 is 1.96 bits per heavy atom. The van der Waals surface area contributed by atoms with E-state index in [9.17, 15) is 14.4 Å². The molecule has 0 unspecified atom stereocenters. The van der Waals surface area contributed by atoms with Crippen LogP contribution in [0.1, 0.15) is 10.4 Å². The predicted octanol–water partition coefficient (Wildman–Crippen LogP) is 0.0791. The number of thioether (sulfide) groups is 1. The number of nitrogens with one attached hydrogen (secondary N) is 2. The summed E-state index contributed by atoms with van der Waals surface area (Å²) in [5.41, 5.74) is 0.374. The number of rotatable bonds is 8. The molecule has 1 aliphatic rings. The molecular formula is C14H16N2O6S. The van der Waals surface area contributed by atoms with Crippen molar-refractivity contribution in [3.8, 4) is 11.5 Å². The van der Waals surface area contributed by atoms with Crippen molar-refractivity contribution in [3.63, 3.8) is 0 Å². The van der Waals surface area contributed by atoms with Crippen molar-refractivity contribution in [2.24, 2.45) is 0 Å². The standard InChI is InChI=1S/C14H16N2O6S/c17-12(15-3-4-23-7-13(18)19)6-16-14(20)9-1-2-10-11(5-9)22-8-21-10/h1-2,5H,3-4,6-8H2,(H,15,17)(H,16,20)(H,18,19). The lowest BCUT2D eigenvalue weighted by atomic mass is 10.2. The van der Waals surface area contributed by atoms with Crippen molar-refractivity contribution < 1.29 is 29.0 Å². The molecule has 3 N–H and O–H groups in total. The maximum Gasteiger partial charge on any atom is 0.313 e. The second kappa shape index (κ2) is 8.28. The van der Waals surface area contributed by atoms with Gasteiger partial charge < -0.3 is 25.2 Å². The summed E-state index contributed by atoms with van der Waals surface area (Å²) >= 11 is 1.21. The predicted molar refractivity (Wildman–Crippen MR) is 82.9 cm³/mol. The van der Waals surface area contributed by atoms with E-state index in [0.717, 1.165) is 0 Å². The third-order valence-electron chi connectivity index (χ3n) is 2.84. The molecule has 0 fully saturated rings. The molecule has 0 radical (unpaired) electrons. The van der Waals surface area contributed by atoms with Crippen molar-refractivity contribution in [3.05, 3.63) is 23.8 Å². The van der Waals surface area contributed by atoms with Gasteiger partial charge in [-0.1, -0.05) is 0 Å². The van der Waals surface area contributed by atoms with Crippen molar-refractivity contribution in [2.45, 2.75) is 0 Å². The molecule has 8 nitrogen and oxygen atoms in total. The Morgan fingerprint density at radius 3 is 2.74 bits per heavy atom. The number of carbonyl (C=O) groups excluding carboxylic acids is 2. The van der Waals surface area contributed by atoms with E-state index in [1.165, 1.54) is 11.8 Å². The Kier molecular flexibility index (Phi) is 6.10. The van der Waals surface area contributed by atoms with E-state index in [1.807, 2.05) is 0 Å². The summed E-state index contributed by atoms with van der Waals surface area (Å²) in [4.78, 5) is 33.8. The van der Waals surface area contributed by atoms with Crippen LogP contribution in [-0.4, -0.2) is 54.3 Å². The largest absolute Gasteiger partial charge is 0.481 e. The molecule has 2 amide bonds. The van der Waals surface area contributed by atoms with Crippen LogP contribution in [0.25, 0.3) is 0 Å². The fraction of sp³-hybridized carbons (Fsp3) is 0.357. The van der Waals surface area contributed by atoms with E-state index in [-0.39, 0.29) is 25.0 Å². The maximum atomic E-state index is 11.9. The SMILES string of the molecule is O=C(O)CSCCNC(=O)CNC(=O)c1ccc2c(c1)OCO2. The molecular weight excluding hydrogens is 324 g/mol. The van der Waals surface area contributed by atoms with Crippen LogP contribution in [0, 0.1) is 0 Å². The minimum atomic E-state index is -0.891. The van der Waals surface area contributed by atoms with Crippen LogP contribution in [0.3, 0.4) is 0 Å². The average Bonchev–Trinajstić information content (AvgIpc) is 2.99. The van der Waals surface area contributed by atoms with Crippen LogP contribution in [-0.2, 0) is 9.59 Å². The molecule has 0 aliphatic carbocycles. The summed E-state index contributed by atoms with van der Waals surface area (Å²) in [5, 5.41) is 13.6. The number of hydrogen-bond donors (Lipinski definition) is 3. The van der Waals surface area contributed by atoms with Crippen LogP contribution in [0.2, 0.25) is 0 Å². The monoisotopic (exact) mass is 340 g/mol. The zero-order chi connectivity index (χ0) is 16.7. The normalized spacial score (nSPS) is 11.8. The Labute approximate surface area is 136 Å². The minimum absolute atomic E-state index is 0.00325. The van der Waals surface area contributed by atoms with Crippen LogP contribution in [0.4, 0.5) is 0 Å². The first-order valence-electron chi connectivity index (χ1n) is 6.80. The van der Waals surface area contributed by atoms with Crippen molar-refractivity contribution in [1.29, 1.82) is 0 Å². The Bertz CT molecular complexity index is 607. The maximum absolute atomic E-state index is 11.9. The van der Waals surface area contributed by atoms with Gasteiger partial charge in [-0.25, -0.2) is 0 Å². The molecule has 0 spiro atoms. The van der Waals surface area contributed by atoms with Gasteiger partial charge in [-0.3, -0.25) is 14.4 Å². The highest BCUT2D eigenvalue weighted by molar-refractivity contribution is 7.99. The summed E-state index contributed by atoms with van der Waals surface area (Å²) in [6.07, 6.45) is 0. The minimum Gasteiger partial charge on any atom is -0.481 e. The van der Waals surface area contributed by atoms with Crippen LogP contribution in [0.5, 0.6) is 11.5 Å². The number of benzene rings is 1. The third-order valence-corrected chi connectivity index (χ3v) is 3.78. The first-order valence-corrected chi connectivity index (χ1v) is 7.96. The van der Waals surface area contributed by atoms with Gasteiger partial charge >= 0.3 is 5.97 Å². The molecule has 1 aromatic rings. The molecule has 2 rings (SSSR count). The van der Waals surface area contributed by atoms with E-state index in [0.29, 0.717) is 29.4 Å². The fourth-order valence-corrected chi connectivity index (χ4v) is 2.35. The molecule has 9 heteroatoms. The number of fused-ring (bicyclic) bond motifs is 1. The van der Waals surface area contributed by atoms with E-state index >= 15 is 0 Å². The van der Waals surface area contributed by atoms with E-state index in [2.05, 4.69) is 10.6 Å². The molecule has 1 aliphatic heterocycles. The molecule has 1 heterocycles. The molecule has 0 saturated carbocycles. The quantitative estimate of drug-likeness (QED) is 0.574. The smallest absolute Gasteiger partial charge is 0.313 e. The molecule has 23 heavy (non-hydrogen) atoms. The first-order chi connectivity index (χ1) is 11.1. The van der Waals surface area contributed by atoms with Crippen molar-refractivity contribution >= 4 is 29.5 Å². The molecule has 124 valence electrons. The third kappa shape index (κ3) is 5.37. The van der Waals surface area contributed by atoms with Gasteiger partial charge in [-0.05, 0) is 18.2 Å². The number of hydrogen-bond acceptors (Lipinski definition) is 6. The number of carbonyl (C=O) groups is 3. The molecule has 0 atom stereocenters. The van der Waals surface area contributed by atoms with Crippen LogP contribution >= 0.6 is 11.8 Å². The Hall–Kier alpha value is -2.42. The highest BCUT2D eigenvalue weighted by Crippen LogP contribution is 2.32. The molecule has 0 saturated heterocycles. The summed E-state index contributed by atoms with van der Waals surface area (Å²) in [5.74, 6) is -0.0491. The molecule has 0 bridgehead atoms. The topological polar surface area (TPSA) is 114 Å². The number of ether oxygens (including phenoxy) is 2. The molecule has 1 aromatic carbocycles. The van der Waals surface area contributed by atoms with Crippen molar-refractivity contribution in [1.82, 2.24) is 10.6 Å². The number of amides is 2. The number of carboxylic acid groups (broad SMARTS) is 1. The average molecular weight is 340 g/mol. The highest BCUT2D eigenvalue weighted by atomic mass is 32.2. The van der Waals surface area contributed by atoms with Gasteiger partial charge in [0.2, 0.25) is 12.7 Å². The Morgan fingerprint density at radius 1 is 1.17 bits per heavy atom. The van der Waals surface area contributed by atoms with E-state index in [4.69, 9.17) is 14.6 Å². The van der Waals surface area contributed by atoms with Gasteiger partial charge in [0.25, 0.3) is 5.91 Å². The zero-order valence-corrected chi connectivity index (χ0v) is 13.0. The van der Waals surface area contributed by atoms with Gasteiger partial charge in [0.05, 0.1) is 12.3 Å². The number of aliphatic carboxylic acids is 1. The van der Waals surface area contributed by atoms with Gasteiger partial charge in [-0.15, -0.1) is 11.8 Å². The second-order valence-corrected chi connectivity index (χ2v) is 5.65. The van der Waals surface area contributed by atoms with E-state index < -0.39 is 11.9 Å². The summed E-state index contributed by atoms with van der Waals surface area (Å²) < 4.78 is 10.3. The van der Waals surface area contributed by atoms with Crippen molar-refractivity contribution in [2.75, 3.05) is 31.4 Å². The lowest BCUT2D eigenvalue weighted by Crippen LogP contribution is -2.37. The summed E-state index contributed by atoms with van der Waals surface area (Å²) in [6, 6.07) is 4.78. The number of carboxylic acids is 1. The van der Waals surface area contributed by atoms with E-state index in [1.54, 1.807) is 18.2 Å². The summed E-state index contributed by atoms with van der Waals surface area (Å²) in [6.45, 7) is 0.316. The fourth-order valence-electron chi connectivity index (χ4n) is 1.78. The summed E-state index contributed by atoms with van der Waals surface area (Å²) in [7, 11) is 0. The zero-order valence-electron chi connectivity index (χ0n) is 12.2. The Balaban J connectivity index is 1.67.